The normalized spacial score (nSPS) is 28.4. The third-order valence-electron chi connectivity index (χ3n) is 4.90. The fourth-order valence-corrected chi connectivity index (χ4v) is 4.16. The fraction of sp³-hybridized carbons (Fsp3) is 0.647. The predicted molar refractivity (Wildman–Crippen MR) is 96.7 cm³/mol. The molecule has 2 aliphatic rings. The van der Waals surface area contributed by atoms with Gasteiger partial charge in [-0.15, -0.1) is 12.4 Å². The first-order valence-electron chi connectivity index (χ1n) is 8.03. The number of hydrogen-bond donors (Lipinski definition) is 2. The molecule has 1 aliphatic carbocycles. The molecule has 2 N–H and O–H groups in total. The van der Waals surface area contributed by atoms with Crippen molar-refractivity contribution in [3.63, 3.8) is 0 Å². The lowest BCUT2D eigenvalue weighted by Crippen LogP contribution is -2.50. The number of hydrogen-bond acceptors (Lipinski definition) is 3. The summed E-state index contributed by atoms with van der Waals surface area (Å²) in [7, 11) is 0. The highest BCUT2D eigenvalue weighted by Crippen LogP contribution is 2.30. The Balaban J connectivity index is 0.00000176. The van der Waals surface area contributed by atoms with E-state index in [0.29, 0.717) is 18.0 Å². The highest BCUT2D eigenvalue weighted by atomic mass is 79.9. The number of benzene rings is 1. The maximum atomic E-state index is 5.64. The molecule has 1 saturated carbocycles. The molecule has 0 radical (unpaired) electrons. The molecule has 2 fully saturated rings. The smallest absolute Gasteiger partial charge is 0.0623 e. The van der Waals surface area contributed by atoms with Crippen LogP contribution < -0.4 is 10.6 Å². The van der Waals surface area contributed by atoms with Gasteiger partial charge in [-0.2, -0.15) is 0 Å². The van der Waals surface area contributed by atoms with Crippen LogP contribution in [0.3, 0.4) is 0 Å². The van der Waals surface area contributed by atoms with Crippen LogP contribution in [0.1, 0.15) is 30.4 Å². The molecule has 1 aromatic rings. The van der Waals surface area contributed by atoms with E-state index in [2.05, 4.69) is 51.7 Å². The minimum Gasteiger partial charge on any atom is -0.379 e. The number of aryl methyl sites for hydroxylation is 1. The molecule has 0 aromatic heterocycles. The third-order valence-corrected chi connectivity index (χ3v) is 5.39. The average Bonchev–Trinajstić information content (AvgIpc) is 2.96. The van der Waals surface area contributed by atoms with E-state index >= 15 is 0 Å². The van der Waals surface area contributed by atoms with Crippen molar-refractivity contribution in [2.24, 2.45) is 5.92 Å². The lowest BCUT2D eigenvalue weighted by atomic mass is 9.93. The SMILES string of the molecule is Cc1cc(Br)ccc1CNC1CCCC1C1COCCN1.Cl. The van der Waals surface area contributed by atoms with Crippen molar-refractivity contribution in [1.82, 2.24) is 10.6 Å². The number of halogens is 2. The summed E-state index contributed by atoms with van der Waals surface area (Å²) in [5, 5.41) is 7.43. The molecule has 3 unspecified atom stereocenters. The second kappa shape index (κ2) is 8.65. The molecule has 3 atom stereocenters. The fourth-order valence-electron chi connectivity index (χ4n) is 3.68. The zero-order valence-corrected chi connectivity index (χ0v) is 15.5. The van der Waals surface area contributed by atoms with Crippen LogP contribution in [-0.2, 0) is 11.3 Å². The summed E-state index contributed by atoms with van der Waals surface area (Å²) in [6, 6.07) is 7.70. The highest BCUT2D eigenvalue weighted by molar-refractivity contribution is 9.10. The van der Waals surface area contributed by atoms with Crippen LogP contribution >= 0.6 is 28.3 Å². The standard InChI is InChI=1S/C17H25BrN2O.ClH/c1-12-9-14(18)6-5-13(12)10-20-16-4-2-3-15(16)17-11-21-8-7-19-17;/h5-6,9,15-17,19-20H,2-4,7-8,10-11H2,1H3;1H. The zero-order valence-electron chi connectivity index (χ0n) is 13.1. The van der Waals surface area contributed by atoms with Crippen molar-refractivity contribution in [3.8, 4) is 0 Å². The molecule has 0 amide bonds. The van der Waals surface area contributed by atoms with Crippen molar-refractivity contribution < 1.29 is 4.74 Å². The van der Waals surface area contributed by atoms with Crippen LogP contribution in [0.25, 0.3) is 0 Å². The predicted octanol–water partition coefficient (Wildman–Crippen LogP) is 3.43. The molecular formula is C17H26BrClN2O. The van der Waals surface area contributed by atoms with Crippen molar-refractivity contribution in [2.75, 3.05) is 19.8 Å². The Morgan fingerprint density at radius 3 is 2.95 bits per heavy atom. The molecule has 5 heteroatoms. The molecule has 0 spiro atoms. The van der Waals surface area contributed by atoms with Gasteiger partial charge >= 0.3 is 0 Å². The average molecular weight is 390 g/mol. The molecule has 1 saturated heterocycles. The topological polar surface area (TPSA) is 33.3 Å². The van der Waals surface area contributed by atoms with Crippen LogP contribution in [0.15, 0.2) is 22.7 Å². The van der Waals surface area contributed by atoms with Crippen LogP contribution in [0.5, 0.6) is 0 Å². The van der Waals surface area contributed by atoms with Gasteiger partial charge in [-0.3, -0.25) is 0 Å². The van der Waals surface area contributed by atoms with Gasteiger partial charge in [0.25, 0.3) is 0 Å². The third kappa shape index (κ3) is 4.45. The van der Waals surface area contributed by atoms with Crippen molar-refractivity contribution in [1.29, 1.82) is 0 Å². The summed E-state index contributed by atoms with van der Waals surface area (Å²) in [6.07, 6.45) is 3.94. The van der Waals surface area contributed by atoms with Gasteiger partial charge in [-0.1, -0.05) is 28.4 Å². The molecule has 124 valence electrons. The van der Waals surface area contributed by atoms with Gasteiger partial charge in [0.1, 0.15) is 0 Å². The first kappa shape index (κ1) is 18.2. The minimum absolute atomic E-state index is 0. The first-order chi connectivity index (χ1) is 10.2. The van der Waals surface area contributed by atoms with E-state index in [1.165, 1.54) is 30.4 Å². The number of ether oxygens (including phenoxy) is 1. The van der Waals surface area contributed by atoms with Gasteiger partial charge < -0.3 is 15.4 Å². The van der Waals surface area contributed by atoms with Crippen molar-refractivity contribution >= 4 is 28.3 Å². The van der Waals surface area contributed by atoms with Gasteiger partial charge in [0.05, 0.1) is 13.2 Å². The van der Waals surface area contributed by atoms with E-state index in [-0.39, 0.29) is 12.4 Å². The van der Waals surface area contributed by atoms with Crippen LogP contribution in [0.4, 0.5) is 0 Å². The lowest BCUT2D eigenvalue weighted by molar-refractivity contribution is 0.0524. The van der Waals surface area contributed by atoms with Gasteiger partial charge in [0, 0.05) is 29.6 Å². The Morgan fingerprint density at radius 2 is 2.23 bits per heavy atom. The first-order valence-corrected chi connectivity index (χ1v) is 8.83. The molecule has 1 aromatic carbocycles. The van der Waals surface area contributed by atoms with Gasteiger partial charge in [0.2, 0.25) is 0 Å². The largest absolute Gasteiger partial charge is 0.379 e. The monoisotopic (exact) mass is 388 g/mol. The Bertz CT molecular complexity index is 480. The summed E-state index contributed by atoms with van der Waals surface area (Å²) in [4.78, 5) is 0. The second-order valence-electron chi connectivity index (χ2n) is 6.29. The van der Waals surface area contributed by atoms with E-state index < -0.39 is 0 Å². The van der Waals surface area contributed by atoms with Crippen molar-refractivity contribution in [3.05, 3.63) is 33.8 Å². The molecule has 0 bridgehead atoms. The summed E-state index contributed by atoms with van der Waals surface area (Å²) >= 11 is 3.53. The second-order valence-corrected chi connectivity index (χ2v) is 7.20. The Morgan fingerprint density at radius 1 is 1.36 bits per heavy atom. The molecule has 3 rings (SSSR count). The van der Waals surface area contributed by atoms with E-state index in [9.17, 15) is 0 Å². The quantitative estimate of drug-likeness (QED) is 0.828. The Hall–Kier alpha value is -0.130. The van der Waals surface area contributed by atoms with Gasteiger partial charge in [-0.05, 0) is 48.9 Å². The summed E-state index contributed by atoms with van der Waals surface area (Å²) in [5.74, 6) is 0.709. The van der Waals surface area contributed by atoms with Crippen LogP contribution in [0, 0.1) is 12.8 Å². The van der Waals surface area contributed by atoms with E-state index in [1.807, 2.05) is 0 Å². The van der Waals surface area contributed by atoms with Crippen LogP contribution in [-0.4, -0.2) is 31.8 Å². The van der Waals surface area contributed by atoms with Crippen LogP contribution in [0.2, 0.25) is 0 Å². The molecule has 3 nitrogen and oxygen atoms in total. The summed E-state index contributed by atoms with van der Waals surface area (Å²) in [5.41, 5.74) is 2.75. The zero-order chi connectivity index (χ0) is 14.7. The molecule has 1 heterocycles. The maximum Gasteiger partial charge on any atom is 0.0623 e. The maximum absolute atomic E-state index is 5.64. The van der Waals surface area contributed by atoms with Gasteiger partial charge in [-0.25, -0.2) is 0 Å². The van der Waals surface area contributed by atoms with Gasteiger partial charge in [0.15, 0.2) is 0 Å². The summed E-state index contributed by atoms with van der Waals surface area (Å²) < 4.78 is 6.80. The number of nitrogens with one attached hydrogen (secondary N) is 2. The highest BCUT2D eigenvalue weighted by Gasteiger charge is 2.34. The molecule has 1 aliphatic heterocycles. The summed E-state index contributed by atoms with van der Waals surface area (Å²) in [6.45, 7) is 5.89. The van der Waals surface area contributed by atoms with E-state index in [0.717, 1.165) is 30.8 Å². The lowest BCUT2D eigenvalue weighted by Gasteiger charge is -2.33. The molecule has 22 heavy (non-hydrogen) atoms. The Labute approximate surface area is 148 Å². The van der Waals surface area contributed by atoms with E-state index in [1.54, 1.807) is 0 Å². The van der Waals surface area contributed by atoms with E-state index in [4.69, 9.17) is 4.74 Å². The Kier molecular flexibility index (Phi) is 7.16. The van der Waals surface area contributed by atoms with Crippen molar-refractivity contribution in [2.45, 2.75) is 44.8 Å². The molecular weight excluding hydrogens is 364 g/mol. The number of rotatable bonds is 4. The number of morpholine rings is 1. The minimum atomic E-state index is 0.